The number of carbonyl (C=O) groups is 1. The van der Waals surface area contributed by atoms with Gasteiger partial charge in [-0.25, -0.2) is 4.79 Å². The SMILES string of the molecule is CC(C)CN1CCC(CNC(=O)N2CC(c3ccncc3)C2)CC1. The summed E-state index contributed by atoms with van der Waals surface area (Å²) in [4.78, 5) is 20.8. The van der Waals surface area contributed by atoms with Crippen LogP contribution in [0.1, 0.15) is 38.2 Å². The Labute approximate surface area is 145 Å². The van der Waals surface area contributed by atoms with Crippen molar-refractivity contribution < 1.29 is 4.79 Å². The maximum Gasteiger partial charge on any atom is 0.317 e. The molecular weight excluding hydrogens is 300 g/mol. The molecule has 2 aliphatic heterocycles. The number of amides is 2. The number of urea groups is 1. The van der Waals surface area contributed by atoms with Gasteiger partial charge in [-0.15, -0.1) is 0 Å². The third-order valence-corrected chi connectivity index (χ3v) is 5.22. The average molecular weight is 330 g/mol. The molecular formula is C19H30N4O. The molecule has 2 fully saturated rings. The van der Waals surface area contributed by atoms with E-state index in [1.807, 2.05) is 29.4 Å². The van der Waals surface area contributed by atoms with Crippen LogP contribution in [-0.4, -0.2) is 60.1 Å². The zero-order valence-corrected chi connectivity index (χ0v) is 14.9. The van der Waals surface area contributed by atoms with E-state index in [4.69, 9.17) is 0 Å². The summed E-state index contributed by atoms with van der Waals surface area (Å²) in [5, 5.41) is 3.14. The van der Waals surface area contributed by atoms with Crippen molar-refractivity contribution in [1.82, 2.24) is 20.1 Å². The van der Waals surface area contributed by atoms with Gasteiger partial charge in [0.15, 0.2) is 0 Å². The van der Waals surface area contributed by atoms with Gasteiger partial charge in [-0.3, -0.25) is 4.98 Å². The van der Waals surface area contributed by atoms with Crippen LogP contribution in [0.15, 0.2) is 24.5 Å². The molecule has 132 valence electrons. The third kappa shape index (κ3) is 4.47. The van der Waals surface area contributed by atoms with Crippen LogP contribution in [0.3, 0.4) is 0 Å². The van der Waals surface area contributed by atoms with E-state index >= 15 is 0 Å². The fourth-order valence-corrected chi connectivity index (χ4v) is 3.72. The summed E-state index contributed by atoms with van der Waals surface area (Å²) in [5.41, 5.74) is 1.28. The Morgan fingerprint density at radius 3 is 2.54 bits per heavy atom. The lowest BCUT2D eigenvalue weighted by Crippen LogP contribution is -2.53. The molecule has 1 aromatic heterocycles. The molecule has 1 aromatic rings. The standard InChI is InChI=1S/C19H30N4O/c1-15(2)12-22-9-5-16(6-10-22)11-21-19(24)23-13-18(14-23)17-3-7-20-8-4-17/h3-4,7-8,15-16,18H,5-6,9-14H2,1-2H3,(H,21,24). The van der Waals surface area contributed by atoms with Crippen molar-refractivity contribution in [3.63, 3.8) is 0 Å². The van der Waals surface area contributed by atoms with E-state index in [1.54, 1.807) is 0 Å². The van der Waals surface area contributed by atoms with E-state index in [1.165, 1.54) is 38.0 Å². The number of rotatable bonds is 5. The van der Waals surface area contributed by atoms with Gasteiger partial charge in [-0.1, -0.05) is 13.8 Å². The molecule has 24 heavy (non-hydrogen) atoms. The minimum absolute atomic E-state index is 0.102. The van der Waals surface area contributed by atoms with Crippen molar-refractivity contribution in [1.29, 1.82) is 0 Å². The van der Waals surface area contributed by atoms with E-state index in [2.05, 4.69) is 29.0 Å². The Kier molecular flexibility index (Phi) is 5.72. The fraction of sp³-hybridized carbons (Fsp3) is 0.684. The molecule has 0 aliphatic carbocycles. The summed E-state index contributed by atoms with van der Waals surface area (Å²) in [6, 6.07) is 4.19. The molecule has 2 amide bonds. The molecule has 5 nitrogen and oxygen atoms in total. The van der Waals surface area contributed by atoms with Crippen LogP contribution in [0, 0.1) is 11.8 Å². The molecule has 5 heteroatoms. The lowest BCUT2D eigenvalue weighted by atomic mass is 9.92. The second-order valence-corrected chi connectivity index (χ2v) is 7.71. The maximum absolute atomic E-state index is 12.2. The first-order chi connectivity index (χ1) is 11.6. The van der Waals surface area contributed by atoms with Crippen LogP contribution in [0.4, 0.5) is 4.79 Å². The Hall–Kier alpha value is -1.62. The van der Waals surface area contributed by atoms with E-state index < -0.39 is 0 Å². The highest BCUT2D eigenvalue weighted by molar-refractivity contribution is 5.75. The van der Waals surface area contributed by atoms with Gasteiger partial charge in [-0.2, -0.15) is 0 Å². The van der Waals surface area contributed by atoms with Crippen LogP contribution in [0.5, 0.6) is 0 Å². The van der Waals surface area contributed by atoms with Crippen molar-refractivity contribution in [3.8, 4) is 0 Å². The highest BCUT2D eigenvalue weighted by atomic mass is 16.2. The summed E-state index contributed by atoms with van der Waals surface area (Å²) in [7, 11) is 0. The number of hydrogen-bond donors (Lipinski definition) is 1. The molecule has 0 radical (unpaired) electrons. The van der Waals surface area contributed by atoms with Crippen LogP contribution in [0.25, 0.3) is 0 Å². The van der Waals surface area contributed by atoms with E-state index in [9.17, 15) is 4.79 Å². The summed E-state index contributed by atoms with van der Waals surface area (Å²) >= 11 is 0. The molecule has 3 heterocycles. The first kappa shape index (κ1) is 17.2. The largest absolute Gasteiger partial charge is 0.338 e. The number of nitrogens with one attached hydrogen (secondary N) is 1. The quantitative estimate of drug-likeness (QED) is 0.903. The number of piperidine rings is 1. The van der Waals surface area contributed by atoms with E-state index in [0.29, 0.717) is 11.8 Å². The Balaban J connectivity index is 1.33. The van der Waals surface area contributed by atoms with Gasteiger partial charge >= 0.3 is 6.03 Å². The number of nitrogens with zero attached hydrogens (tertiary/aromatic N) is 3. The van der Waals surface area contributed by atoms with Gasteiger partial charge in [0.1, 0.15) is 0 Å². The molecule has 2 aliphatic rings. The second-order valence-electron chi connectivity index (χ2n) is 7.71. The molecule has 0 aromatic carbocycles. The van der Waals surface area contributed by atoms with Crippen molar-refractivity contribution >= 4 is 6.03 Å². The molecule has 3 rings (SSSR count). The molecule has 0 bridgehead atoms. The van der Waals surface area contributed by atoms with Crippen LogP contribution in [0.2, 0.25) is 0 Å². The minimum Gasteiger partial charge on any atom is -0.338 e. The molecule has 0 saturated carbocycles. The number of likely N-dealkylation sites (tertiary alicyclic amines) is 2. The van der Waals surface area contributed by atoms with Gasteiger partial charge in [0.05, 0.1) is 0 Å². The van der Waals surface area contributed by atoms with Gasteiger partial charge < -0.3 is 15.1 Å². The first-order valence-corrected chi connectivity index (χ1v) is 9.27. The van der Waals surface area contributed by atoms with Crippen molar-refractivity contribution in [2.45, 2.75) is 32.6 Å². The van der Waals surface area contributed by atoms with Gasteiger partial charge in [0, 0.05) is 44.5 Å². The van der Waals surface area contributed by atoms with Crippen LogP contribution in [-0.2, 0) is 0 Å². The van der Waals surface area contributed by atoms with E-state index in [0.717, 1.165) is 25.6 Å². The van der Waals surface area contributed by atoms with Crippen molar-refractivity contribution in [2.24, 2.45) is 11.8 Å². The fourth-order valence-electron chi connectivity index (χ4n) is 3.72. The van der Waals surface area contributed by atoms with Crippen molar-refractivity contribution in [2.75, 3.05) is 39.3 Å². The second kappa shape index (κ2) is 7.97. The summed E-state index contributed by atoms with van der Waals surface area (Å²) in [6.45, 7) is 10.6. The summed E-state index contributed by atoms with van der Waals surface area (Å²) in [5.74, 6) is 1.84. The van der Waals surface area contributed by atoms with Crippen molar-refractivity contribution in [3.05, 3.63) is 30.1 Å². The Morgan fingerprint density at radius 2 is 1.92 bits per heavy atom. The molecule has 0 unspecified atom stereocenters. The monoisotopic (exact) mass is 330 g/mol. The predicted molar refractivity (Wildman–Crippen MR) is 96.0 cm³/mol. The zero-order chi connectivity index (χ0) is 16.9. The Bertz CT molecular complexity index is 519. The topological polar surface area (TPSA) is 48.5 Å². The zero-order valence-electron chi connectivity index (χ0n) is 14.9. The van der Waals surface area contributed by atoms with Gasteiger partial charge in [-0.05, 0) is 55.5 Å². The maximum atomic E-state index is 12.2. The lowest BCUT2D eigenvalue weighted by molar-refractivity contribution is 0.142. The minimum atomic E-state index is 0.102. The summed E-state index contributed by atoms with van der Waals surface area (Å²) in [6.07, 6.45) is 6.05. The highest BCUT2D eigenvalue weighted by Crippen LogP contribution is 2.26. The predicted octanol–water partition coefficient (Wildman–Crippen LogP) is 2.56. The van der Waals surface area contributed by atoms with Crippen LogP contribution >= 0.6 is 0 Å². The number of aromatic nitrogens is 1. The van der Waals surface area contributed by atoms with Crippen LogP contribution < -0.4 is 5.32 Å². The van der Waals surface area contributed by atoms with Gasteiger partial charge in [0.25, 0.3) is 0 Å². The lowest BCUT2D eigenvalue weighted by Gasteiger charge is -2.40. The smallest absolute Gasteiger partial charge is 0.317 e. The first-order valence-electron chi connectivity index (χ1n) is 9.27. The summed E-state index contributed by atoms with van der Waals surface area (Å²) < 4.78 is 0. The molecule has 2 saturated heterocycles. The number of hydrogen-bond acceptors (Lipinski definition) is 3. The third-order valence-electron chi connectivity index (χ3n) is 5.22. The number of carbonyl (C=O) groups excluding carboxylic acids is 1. The molecule has 1 N–H and O–H groups in total. The number of pyridine rings is 1. The Morgan fingerprint density at radius 1 is 1.25 bits per heavy atom. The molecule has 0 spiro atoms. The molecule has 0 atom stereocenters. The van der Waals surface area contributed by atoms with Gasteiger partial charge in [0.2, 0.25) is 0 Å². The normalized spacial score (nSPS) is 20.2. The highest BCUT2D eigenvalue weighted by Gasteiger charge is 2.32. The van der Waals surface area contributed by atoms with E-state index in [-0.39, 0.29) is 6.03 Å². The average Bonchev–Trinajstić information content (AvgIpc) is 2.53.